The first-order chi connectivity index (χ1) is 12.5. The Labute approximate surface area is 157 Å². The molecule has 0 unspecified atom stereocenters. The van der Waals surface area contributed by atoms with Crippen LogP contribution in [0.1, 0.15) is 45.9 Å². The van der Waals surface area contributed by atoms with Crippen molar-refractivity contribution in [2.45, 2.75) is 58.7 Å². The van der Waals surface area contributed by atoms with E-state index in [9.17, 15) is 19.8 Å². The number of amides is 1. The summed E-state index contributed by atoms with van der Waals surface area (Å²) in [6.45, 7) is 7.82. The smallest absolute Gasteiger partial charge is 0.412 e. The summed E-state index contributed by atoms with van der Waals surface area (Å²) in [5.41, 5.74) is -0.691. The number of nitrogens with one attached hydrogen (secondary N) is 1. The van der Waals surface area contributed by atoms with Crippen LogP contribution in [0.3, 0.4) is 0 Å². The number of aliphatic hydroxyl groups excluding tert-OH is 2. The lowest BCUT2D eigenvalue weighted by Gasteiger charge is -2.19. The van der Waals surface area contributed by atoms with Gasteiger partial charge in [0.05, 0.1) is 18.3 Å². The summed E-state index contributed by atoms with van der Waals surface area (Å²) in [6.07, 6.45) is 2.31. The van der Waals surface area contributed by atoms with E-state index in [0.717, 1.165) is 4.57 Å². The first-order valence-electron chi connectivity index (χ1n) is 8.58. The zero-order valence-electron chi connectivity index (χ0n) is 15.8. The highest BCUT2D eigenvalue weighted by Crippen LogP contribution is 2.28. The number of rotatable bonds is 4. The van der Waals surface area contributed by atoms with E-state index >= 15 is 0 Å². The van der Waals surface area contributed by atoms with Crippen molar-refractivity contribution < 1.29 is 24.5 Å². The normalized spacial score (nSPS) is 25.1. The van der Waals surface area contributed by atoms with Crippen LogP contribution in [0.5, 0.6) is 0 Å². The van der Waals surface area contributed by atoms with E-state index in [4.69, 9.17) is 15.9 Å². The fraction of sp³-hybridized carbons (Fsp3) is 0.611. The Balaban J connectivity index is 2.16. The highest BCUT2D eigenvalue weighted by atomic mass is 16.6. The summed E-state index contributed by atoms with van der Waals surface area (Å²) in [6, 6.07) is 0. The molecule has 0 radical (unpaired) electrons. The van der Waals surface area contributed by atoms with Crippen LogP contribution in [0, 0.1) is 17.8 Å². The van der Waals surface area contributed by atoms with Crippen molar-refractivity contribution in [2.24, 2.45) is 5.41 Å². The largest absolute Gasteiger partial charge is 0.449 e. The number of nitrogens with zero attached hydrogens (tertiary/aromatic N) is 2. The quantitative estimate of drug-likeness (QED) is 0.663. The van der Waals surface area contributed by atoms with Crippen LogP contribution in [0.4, 0.5) is 10.6 Å². The topological polar surface area (TPSA) is 123 Å². The molecule has 4 atom stereocenters. The molecule has 0 bridgehead atoms. The minimum Gasteiger partial charge on any atom is -0.449 e. The van der Waals surface area contributed by atoms with Crippen LogP contribution in [0.2, 0.25) is 0 Å². The van der Waals surface area contributed by atoms with Gasteiger partial charge in [-0.1, -0.05) is 26.7 Å². The van der Waals surface area contributed by atoms with Gasteiger partial charge >= 0.3 is 11.8 Å². The van der Waals surface area contributed by atoms with Gasteiger partial charge in [0.25, 0.3) is 0 Å². The van der Waals surface area contributed by atoms with Crippen LogP contribution in [-0.4, -0.2) is 50.8 Å². The summed E-state index contributed by atoms with van der Waals surface area (Å²) in [7, 11) is 0. The van der Waals surface area contributed by atoms with Gasteiger partial charge in [-0.2, -0.15) is 4.98 Å². The molecule has 1 aromatic heterocycles. The fourth-order valence-corrected chi connectivity index (χ4v) is 2.49. The van der Waals surface area contributed by atoms with Crippen molar-refractivity contribution in [1.29, 1.82) is 0 Å². The van der Waals surface area contributed by atoms with Crippen LogP contribution < -0.4 is 11.0 Å². The summed E-state index contributed by atoms with van der Waals surface area (Å²) >= 11 is 0. The molecule has 3 N–H and O–H groups in total. The summed E-state index contributed by atoms with van der Waals surface area (Å²) in [5.74, 6) is 2.19. The zero-order valence-corrected chi connectivity index (χ0v) is 15.8. The van der Waals surface area contributed by atoms with E-state index in [2.05, 4.69) is 16.2 Å². The third-order valence-electron chi connectivity index (χ3n) is 4.16. The van der Waals surface area contributed by atoms with Gasteiger partial charge in [0.1, 0.15) is 12.2 Å². The maximum atomic E-state index is 12.3. The van der Waals surface area contributed by atoms with Gasteiger partial charge < -0.3 is 19.7 Å². The molecular weight excluding hydrogens is 354 g/mol. The molecule has 2 heterocycles. The van der Waals surface area contributed by atoms with Gasteiger partial charge in [-0.3, -0.25) is 9.88 Å². The molecule has 1 saturated heterocycles. The Kier molecular flexibility index (Phi) is 6.26. The third kappa shape index (κ3) is 5.07. The molecule has 1 aliphatic rings. The molecule has 0 saturated carbocycles. The Hall–Kier alpha value is -2.41. The molecule has 27 heavy (non-hydrogen) atoms. The lowest BCUT2D eigenvalue weighted by molar-refractivity contribution is -0.0350. The van der Waals surface area contributed by atoms with Crippen molar-refractivity contribution in [2.75, 3.05) is 11.9 Å². The van der Waals surface area contributed by atoms with E-state index in [1.165, 1.54) is 6.20 Å². The molecule has 0 aromatic carbocycles. The number of carbonyl (C=O) groups is 1. The van der Waals surface area contributed by atoms with E-state index in [1.54, 1.807) is 6.92 Å². The van der Waals surface area contributed by atoms with Gasteiger partial charge in [0, 0.05) is 6.20 Å². The first kappa shape index (κ1) is 20.9. The lowest BCUT2D eigenvalue weighted by atomic mass is 9.93. The van der Waals surface area contributed by atoms with E-state index in [0.29, 0.717) is 6.42 Å². The van der Waals surface area contributed by atoms with Crippen LogP contribution >= 0.6 is 0 Å². The molecule has 9 nitrogen and oxygen atoms in total. The second-order valence-electron chi connectivity index (χ2n) is 7.62. The zero-order chi connectivity index (χ0) is 20.4. The Morgan fingerprint density at radius 1 is 1.44 bits per heavy atom. The van der Waals surface area contributed by atoms with E-state index < -0.39 is 36.3 Å². The number of aromatic nitrogens is 2. The predicted molar refractivity (Wildman–Crippen MR) is 97.1 cm³/mol. The van der Waals surface area contributed by atoms with Gasteiger partial charge in [0.2, 0.25) is 0 Å². The highest BCUT2D eigenvalue weighted by molar-refractivity contribution is 5.84. The van der Waals surface area contributed by atoms with Crippen molar-refractivity contribution in [1.82, 2.24) is 9.55 Å². The average molecular weight is 379 g/mol. The SMILES string of the molecule is C#Cc1cn([C@@H]2O[C@H](C)[C@@H](O)[C@H]2O)c(=O)nc1NC(=O)OCCC(C)(C)C. The number of carbonyl (C=O) groups excluding carboxylic acids is 1. The average Bonchev–Trinajstić information content (AvgIpc) is 2.81. The van der Waals surface area contributed by atoms with Crippen LogP contribution in [0.25, 0.3) is 0 Å². The van der Waals surface area contributed by atoms with Gasteiger partial charge in [0.15, 0.2) is 12.0 Å². The van der Waals surface area contributed by atoms with Gasteiger partial charge in [-0.05, 0) is 18.8 Å². The number of hydrogen-bond acceptors (Lipinski definition) is 7. The number of aliphatic hydroxyl groups is 2. The van der Waals surface area contributed by atoms with Gasteiger partial charge in [-0.25, -0.2) is 9.59 Å². The molecule has 1 aromatic rings. The predicted octanol–water partition coefficient (Wildman–Crippen LogP) is 0.848. The van der Waals surface area contributed by atoms with Crippen molar-refractivity contribution in [3.63, 3.8) is 0 Å². The Bertz CT molecular complexity index is 792. The van der Waals surface area contributed by atoms with Crippen LogP contribution in [-0.2, 0) is 9.47 Å². The molecule has 1 fully saturated rings. The van der Waals surface area contributed by atoms with Crippen molar-refractivity contribution in [3.05, 3.63) is 22.2 Å². The van der Waals surface area contributed by atoms with Crippen molar-refractivity contribution in [3.8, 4) is 12.3 Å². The maximum Gasteiger partial charge on any atom is 0.412 e. The molecule has 0 aliphatic carbocycles. The Morgan fingerprint density at radius 3 is 2.63 bits per heavy atom. The standard InChI is InChI=1S/C18H25N3O6/c1-6-11-9-21(15-13(23)12(22)10(2)27-15)16(24)19-14(11)20-17(25)26-8-7-18(3,4)5/h1,9-10,12-13,15,22-23H,7-8H2,2-5H3,(H,19,20,24,25)/t10-,12-,13-,15-/m1/s1. The number of ether oxygens (including phenoxy) is 2. The van der Waals surface area contributed by atoms with E-state index in [1.807, 2.05) is 20.8 Å². The lowest BCUT2D eigenvalue weighted by Crippen LogP contribution is -2.36. The number of anilines is 1. The summed E-state index contributed by atoms with van der Waals surface area (Å²) in [5, 5.41) is 22.2. The molecular formula is C18H25N3O6. The molecule has 1 amide bonds. The molecule has 9 heteroatoms. The molecule has 0 spiro atoms. The summed E-state index contributed by atoms with van der Waals surface area (Å²) in [4.78, 5) is 28.0. The molecule has 148 valence electrons. The Morgan fingerprint density at radius 2 is 2.11 bits per heavy atom. The summed E-state index contributed by atoms with van der Waals surface area (Å²) < 4.78 is 11.5. The van der Waals surface area contributed by atoms with Gasteiger partial charge in [-0.15, -0.1) is 6.42 Å². The second-order valence-corrected chi connectivity index (χ2v) is 7.62. The van der Waals surface area contributed by atoms with Crippen LogP contribution in [0.15, 0.2) is 11.0 Å². The maximum absolute atomic E-state index is 12.3. The molecule has 2 rings (SSSR count). The first-order valence-corrected chi connectivity index (χ1v) is 8.58. The third-order valence-corrected chi connectivity index (χ3v) is 4.16. The minimum atomic E-state index is -1.31. The van der Waals surface area contributed by atoms with Crippen molar-refractivity contribution >= 4 is 11.9 Å². The second kappa shape index (κ2) is 8.08. The monoisotopic (exact) mass is 379 g/mol. The fourth-order valence-electron chi connectivity index (χ4n) is 2.49. The minimum absolute atomic E-state index is 0.00675. The van der Waals surface area contributed by atoms with E-state index in [-0.39, 0.29) is 23.4 Å². The number of hydrogen-bond donors (Lipinski definition) is 3. The molecule has 1 aliphatic heterocycles. The number of terminal acetylenes is 1. The highest BCUT2D eigenvalue weighted by Gasteiger charge is 2.42.